The molecular weight excluding hydrogens is 403 g/mol. The van der Waals surface area contributed by atoms with Gasteiger partial charge in [0.05, 0.1) is 5.75 Å². The topological polar surface area (TPSA) is 76.0 Å². The number of halogens is 1. The summed E-state index contributed by atoms with van der Waals surface area (Å²) < 4.78 is 15.5. The van der Waals surface area contributed by atoms with Crippen LogP contribution in [0.3, 0.4) is 0 Å². The number of hydrogen-bond acceptors (Lipinski definition) is 4. The number of imidazole rings is 1. The van der Waals surface area contributed by atoms with E-state index in [1.54, 1.807) is 54.9 Å². The average molecular weight is 427 g/mol. The first kappa shape index (κ1) is 21.6. The molecule has 0 spiro atoms. The van der Waals surface area contributed by atoms with Crippen molar-refractivity contribution in [2.24, 2.45) is 0 Å². The van der Waals surface area contributed by atoms with Gasteiger partial charge in [0, 0.05) is 41.8 Å². The fourth-order valence-electron chi connectivity index (χ4n) is 2.78. The van der Waals surface area contributed by atoms with Gasteiger partial charge in [0.1, 0.15) is 5.82 Å². The van der Waals surface area contributed by atoms with Crippen LogP contribution in [-0.2, 0) is 11.3 Å². The summed E-state index contributed by atoms with van der Waals surface area (Å²) in [6.45, 7) is 3.95. The Morgan fingerprint density at radius 1 is 1.13 bits per heavy atom. The molecule has 1 heterocycles. The lowest BCUT2D eigenvalue weighted by molar-refractivity contribution is -0.119. The number of carbonyl (C=O) groups excluding carboxylic acids is 2. The fraction of sp³-hybridized carbons (Fsp3) is 0.227. The maximum atomic E-state index is 13.7. The third kappa shape index (κ3) is 5.70. The molecule has 3 aromatic rings. The van der Waals surface area contributed by atoms with Crippen molar-refractivity contribution in [3.05, 3.63) is 77.9 Å². The lowest BCUT2D eigenvalue weighted by Crippen LogP contribution is -2.31. The molecule has 0 unspecified atom stereocenters. The maximum absolute atomic E-state index is 13.7. The lowest BCUT2D eigenvalue weighted by Gasteiger charge is -2.10. The van der Waals surface area contributed by atoms with Gasteiger partial charge in [0.15, 0.2) is 5.16 Å². The van der Waals surface area contributed by atoms with Crippen LogP contribution in [0.15, 0.2) is 66.1 Å². The quantitative estimate of drug-likeness (QED) is 0.540. The monoisotopic (exact) mass is 426 g/mol. The van der Waals surface area contributed by atoms with Crippen LogP contribution < -0.4 is 10.6 Å². The minimum atomic E-state index is -0.347. The van der Waals surface area contributed by atoms with E-state index in [0.717, 1.165) is 5.69 Å². The number of carbonyl (C=O) groups is 2. The van der Waals surface area contributed by atoms with Gasteiger partial charge >= 0.3 is 0 Å². The molecule has 156 valence electrons. The number of aromatic nitrogens is 2. The second kappa shape index (κ2) is 10.1. The Morgan fingerprint density at radius 3 is 2.57 bits per heavy atom. The number of rotatable bonds is 8. The average Bonchev–Trinajstić information content (AvgIpc) is 3.20. The summed E-state index contributed by atoms with van der Waals surface area (Å²) in [6.07, 6.45) is 3.47. The molecule has 3 rings (SSSR count). The highest BCUT2D eigenvalue weighted by atomic mass is 32.2. The third-order valence-corrected chi connectivity index (χ3v) is 5.16. The SMILES string of the molecule is CC(C)NC(=O)CSc1nccn1-c1ccc(C(=O)NCc2ccccc2F)cc1. The van der Waals surface area contributed by atoms with Crippen molar-refractivity contribution in [2.45, 2.75) is 31.6 Å². The van der Waals surface area contributed by atoms with Crippen LogP contribution in [-0.4, -0.2) is 33.2 Å². The van der Waals surface area contributed by atoms with Gasteiger partial charge < -0.3 is 10.6 Å². The number of thioether (sulfide) groups is 1. The summed E-state index contributed by atoms with van der Waals surface area (Å²) in [6, 6.07) is 13.4. The maximum Gasteiger partial charge on any atom is 0.251 e. The summed E-state index contributed by atoms with van der Waals surface area (Å²) >= 11 is 1.34. The zero-order valence-electron chi connectivity index (χ0n) is 16.8. The van der Waals surface area contributed by atoms with Crippen LogP contribution in [0.4, 0.5) is 4.39 Å². The summed E-state index contributed by atoms with van der Waals surface area (Å²) in [4.78, 5) is 28.5. The molecule has 2 aromatic carbocycles. The van der Waals surface area contributed by atoms with Crippen molar-refractivity contribution in [3.63, 3.8) is 0 Å². The van der Waals surface area contributed by atoms with Crippen LogP contribution in [0.2, 0.25) is 0 Å². The number of benzene rings is 2. The van der Waals surface area contributed by atoms with E-state index in [-0.39, 0.29) is 36.0 Å². The summed E-state index contributed by atoms with van der Waals surface area (Å²) in [5.74, 6) is -0.409. The van der Waals surface area contributed by atoms with Crippen LogP contribution in [0.25, 0.3) is 5.69 Å². The fourth-order valence-corrected chi connectivity index (χ4v) is 3.56. The predicted octanol–water partition coefficient (Wildman–Crippen LogP) is 3.56. The zero-order chi connectivity index (χ0) is 21.5. The summed E-state index contributed by atoms with van der Waals surface area (Å²) in [7, 11) is 0. The highest BCUT2D eigenvalue weighted by Gasteiger charge is 2.11. The van der Waals surface area contributed by atoms with Crippen LogP contribution >= 0.6 is 11.8 Å². The molecule has 0 aliphatic heterocycles. The number of amides is 2. The Labute approximate surface area is 178 Å². The van der Waals surface area contributed by atoms with Gasteiger partial charge in [-0.1, -0.05) is 30.0 Å². The summed E-state index contributed by atoms with van der Waals surface area (Å²) in [5.41, 5.74) is 1.73. The number of nitrogens with one attached hydrogen (secondary N) is 2. The van der Waals surface area contributed by atoms with Gasteiger partial charge in [-0.25, -0.2) is 9.37 Å². The molecular formula is C22H23FN4O2S. The van der Waals surface area contributed by atoms with E-state index in [1.807, 2.05) is 18.4 Å². The smallest absolute Gasteiger partial charge is 0.251 e. The van der Waals surface area contributed by atoms with Crippen molar-refractivity contribution in [3.8, 4) is 5.69 Å². The second-order valence-corrected chi connectivity index (χ2v) is 7.85. The van der Waals surface area contributed by atoms with Crippen molar-refractivity contribution < 1.29 is 14.0 Å². The Balaban J connectivity index is 1.62. The van der Waals surface area contributed by atoms with Gasteiger partial charge in [0.25, 0.3) is 5.91 Å². The molecule has 2 N–H and O–H groups in total. The molecule has 0 bridgehead atoms. The van der Waals surface area contributed by atoms with E-state index >= 15 is 0 Å². The van der Waals surface area contributed by atoms with Gasteiger partial charge in [-0.2, -0.15) is 0 Å². The van der Waals surface area contributed by atoms with Crippen LogP contribution in [0, 0.1) is 5.82 Å². The lowest BCUT2D eigenvalue weighted by atomic mass is 10.1. The largest absolute Gasteiger partial charge is 0.353 e. The molecule has 0 saturated carbocycles. The molecule has 0 atom stereocenters. The van der Waals surface area contributed by atoms with Gasteiger partial charge in [-0.3, -0.25) is 14.2 Å². The van der Waals surface area contributed by atoms with E-state index < -0.39 is 0 Å². The number of hydrogen-bond donors (Lipinski definition) is 2. The van der Waals surface area contributed by atoms with Gasteiger partial charge in [0.2, 0.25) is 5.91 Å². The van der Waals surface area contributed by atoms with E-state index in [2.05, 4.69) is 15.6 Å². The Kier molecular flexibility index (Phi) is 7.24. The van der Waals surface area contributed by atoms with Crippen LogP contribution in [0.1, 0.15) is 29.8 Å². The first-order chi connectivity index (χ1) is 14.4. The Bertz CT molecular complexity index is 1020. The van der Waals surface area contributed by atoms with E-state index in [0.29, 0.717) is 16.3 Å². The van der Waals surface area contributed by atoms with Crippen molar-refractivity contribution >= 4 is 23.6 Å². The minimum Gasteiger partial charge on any atom is -0.353 e. The highest BCUT2D eigenvalue weighted by Crippen LogP contribution is 2.20. The molecule has 0 aliphatic carbocycles. The first-order valence-electron chi connectivity index (χ1n) is 9.51. The zero-order valence-corrected chi connectivity index (χ0v) is 17.6. The van der Waals surface area contributed by atoms with E-state index in [9.17, 15) is 14.0 Å². The summed E-state index contributed by atoms with van der Waals surface area (Å²) in [5, 5.41) is 6.26. The molecule has 0 saturated heterocycles. The van der Waals surface area contributed by atoms with Crippen molar-refractivity contribution in [1.82, 2.24) is 20.2 Å². The Hall–Kier alpha value is -3.13. The highest BCUT2D eigenvalue weighted by molar-refractivity contribution is 7.99. The van der Waals surface area contributed by atoms with Crippen molar-refractivity contribution in [2.75, 3.05) is 5.75 Å². The minimum absolute atomic E-state index is 0.0496. The van der Waals surface area contributed by atoms with Gasteiger partial charge in [-0.05, 0) is 44.2 Å². The predicted molar refractivity (Wildman–Crippen MR) is 115 cm³/mol. The molecule has 0 radical (unpaired) electrons. The molecule has 2 amide bonds. The van der Waals surface area contributed by atoms with Crippen LogP contribution in [0.5, 0.6) is 0 Å². The molecule has 0 fully saturated rings. The van der Waals surface area contributed by atoms with E-state index in [1.165, 1.54) is 17.8 Å². The second-order valence-electron chi connectivity index (χ2n) is 6.91. The molecule has 1 aromatic heterocycles. The Morgan fingerprint density at radius 2 is 1.87 bits per heavy atom. The number of nitrogens with zero attached hydrogens (tertiary/aromatic N) is 2. The third-order valence-electron chi connectivity index (χ3n) is 4.19. The molecule has 30 heavy (non-hydrogen) atoms. The normalized spacial score (nSPS) is 10.8. The molecule has 8 heteroatoms. The molecule has 6 nitrogen and oxygen atoms in total. The van der Waals surface area contributed by atoms with Gasteiger partial charge in [-0.15, -0.1) is 0 Å². The van der Waals surface area contributed by atoms with Crippen molar-refractivity contribution in [1.29, 1.82) is 0 Å². The van der Waals surface area contributed by atoms with E-state index in [4.69, 9.17) is 0 Å². The first-order valence-corrected chi connectivity index (χ1v) is 10.5. The molecule has 0 aliphatic rings. The standard InChI is InChI=1S/C22H23FN4O2S/c1-15(2)26-20(28)14-30-22-24-11-12-27(22)18-9-7-16(8-10-18)21(29)25-13-17-5-3-4-6-19(17)23/h3-12,15H,13-14H2,1-2H3,(H,25,29)(H,26,28).